The van der Waals surface area contributed by atoms with E-state index in [9.17, 15) is 27.1 Å². The average Bonchev–Trinajstić information content (AvgIpc) is 3.28. The van der Waals surface area contributed by atoms with Gasteiger partial charge in [-0.15, -0.1) is 0 Å². The molecular weight excluding hydrogens is 452 g/mol. The monoisotopic (exact) mass is 479 g/mol. The van der Waals surface area contributed by atoms with Gasteiger partial charge in [0.1, 0.15) is 16.5 Å². The van der Waals surface area contributed by atoms with Crippen LogP contribution in [0, 0.1) is 17.6 Å². The fraction of sp³-hybridized carbons (Fsp3) is 0.435. The van der Waals surface area contributed by atoms with Crippen LogP contribution in [0.1, 0.15) is 36.0 Å². The zero-order valence-electron chi connectivity index (χ0n) is 18.1. The lowest BCUT2D eigenvalue weighted by molar-refractivity contribution is 0.0697. The number of nitrogens with one attached hydrogen (secondary N) is 1. The summed E-state index contributed by atoms with van der Waals surface area (Å²) in [4.78, 5) is 15.6. The summed E-state index contributed by atoms with van der Waals surface area (Å²) in [7, 11) is -4.45. The predicted octanol–water partition coefficient (Wildman–Crippen LogP) is 3.78. The lowest BCUT2D eigenvalue weighted by Crippen LogP contribution is -2.41. The highest BCUT2D eigenvalue weighted by Crippen LogP contribution is 2.30. The molecule has 4 rings (SSSR count). The highest BCUT2D eigenvalue weighted by molar-refractivity contribution is 7.92. The minimum absolute atomic E-state index is 0.0366. The summed E-state index contributed by atoms with van der Waals surface area (Å²) >= 11 is 0. The van der Waals surface area contributed by atoms with E-state index in [0.717, 1.165) is 57.7 Å². The van der Waals surface area contributed by atoms with Crippen molar-refractivity contribution >= 4 is 27.4 Å². The second-order valence-corrected chi connectivity index (χ2v) is 10.3. The van der Waals surface area contributed by atoms with Gasteiger partial charge in [-0.25, -0.2) is 22.0 Å². The summed E-state index contributed by atoms with van der Waals surface area (Å²) < 4.78 is 54.7. The second kappa shape index (κ2) is 9.64. The Labute approximate surface area is 192 Å². The van der Waals surface area contributed by atoms with Crippen molar-refractivity contribution in [2.24, 2.45) is 5.92 Å². The molecule has 0 saturated carbocycles. The summed E-state index contributed by atoms with van der Waals surface area (Å²) in [5.74, 6) is -2.75. The molecule has 2 aliphatic heterocycles. The van der Waals surface area contributed by atoms with Gasteiger partial charge in [-0.3, -0.25) is 4.72 Å². The fourth-order valence-electron chi connectivity index (χ4n) is 4.70. The first-order valence-corrected chi connectivity index (χ1v) is 12.5. The molecule has 2 N–H and O–H groups in total. The van der Waals surface area contributed by atoms with E-state index in [1.807, 2.05) is 4.90 Å². The number of anilines is 2. The molecular formula is C23H27F2N3O4S. The van der Waals surface area contributed by atoms with Crippen LogP contribution in [0.5, 0.6) is 0 Å². The van der Waals surface area contributed by atoms with Gasteiger partial charge >= 0.3 is 5.97 Å². The van der Waals surface area contributed by atoms with Gasteiger partial charge in [0, 0.05) is 25.3 Å². The number of nitrogens with zero attached hydrogens (tertiary/aromatic N) is 2. The maximum absolute atomic E-state index is 14.0. The van der Waals surface area contributed by atoms with Crippen LogP contribution < -0.4 is 9.62 Å². The molecule has 0 bridgehead atoms. The molecule has 0 spiro atoms. The zero-order chi connectivity index (χ0) is 23.6. The lowest BCUT2D eigenvalue weighted by atomic mass is 9.96. The van der Waals surface area contributed by atoms with E-state index < -0.39 is 32.5 Å². The Morgan fingerprint density at radius 1 is 1.06 bits per heavy atom. The van der Waals surface area contributed by atoms with E-state index in [0.29, 0.717) is 17.7 Å². The molecule has 178 valence electrons. The first kappa shape index (κ1) is 23.4. The summed E-state index contributed by atoms with van der Waals surface area (Å²) in [6, 6.07) is 6.36. The predicted molar refractivity (Wildman–Crippen MR) is 121 cm³/mol. The molecule has 1 unspecified atom stereocenters. The Hall–Kier alpha value is -2.72. The van der Waals surface area contributed by atoms with Crippen molar-refractivity contribution in [3.8, 4) is 0 Å². The minimum Gasteiger partial charge on any atom is -0.478 e. The van der Waals surface area contributed by atoms with Gasteiger partial charge in [-0.2, -0.15) is 0 Å². The topological polar surface area (TPSA) is 89.9 Å². The summed E-state index contributed by atoms with van der Waals surface area (Å²) in [5.41, 5.74) is 0.440. The number of halogens is 2. The molecule has 2 aromatic carbocycles. The van der Waals surface area contributed by atoms with E-state index in [1.54, 1.807) is 6.07 Å². The second-order valence-electron chi connectivity index (χ2n) is 8.68. The van der Waals surface area contributed by atoms with Crippen molar-refractivity contribution in [1.82, 2.24) is 4.90 Å². The zero-order valence-corrected chi connectivity index (χ0v) is 19.0. The Morgan fingerprint density at radius 3 is 2.55 bits per heavy atom. The van der Waals surface area contributed by atoms with Crippen molar-refractivity contribution < 1.29 is 27.1 Å². The quantitative estimate of drug-likeness (QED) is 0.628. The third-order valence-corrected chi connectivity index (χ3v) is 7.63. The molecule has 10 heteroatoms. The van der Waals surface area contributed by atoms with Crippen molar-refractivity contribution in [3.63, 3.8) is 0 Å². The molecule has 2 saturated heterocycles. The number of rotatable bonds is 7. The van der Waals surface area contributed by atoms with Gasteiger partial charge in [-0.1, -0.05) is 0 Å². The van der Waals surface area contributed by atoms with Crippen LogP contribution in [0.15, 0.2) is 41.3 Å². The summed E-state index contributed by atoms with van der Waals surface area (Å²) in [5, 5.41) is 9.79. The Balaban J connectivity index is 1.55. The molecule has 2 heterocycles. The molecule has 2 fully saturated rings. The van der Waals surface area contributed by atoms with Crippen LogP contribution in [0.4, 0.5) is 20.2 Å². The van der Waals surface area contributed by atoms with Crippen LogP contribution in [-0.4, -0.2) is 57.1 Å². The van der Waals surface area contributed by atoms with Gasteiger partial charge in [0.25, 0.3) is 10.0 Å². The minimum atomic E-state index is -4.45. The highest BCUT2D eigenvalue weighted by atomic mass is 32.2. The normalized spacial score (nSPS) is 19.6. The molecule has 7 nitrogen and oxygen atoms in total. The van der Waals surface area contributed by atoms with Gasteiger partial charge < -0.3 is 14.9 Å². The first-order valence-electron chi connectivity index (χ1n) is 11.1. The Bertz CT molecular complexity index is 1140. The number of carbonyl (C=O) groups is 1. The van der Waals surface area contributed by atoms with E-state index in [2.05, 4.69) is 9.62 Å². The third-order valence-electron chi connectivity index (χ3n) is 6.24. The first-order chi connectivity index (χ1) is 15.7. The number of carboxylic acid groups (broad SMARTS) is 1. The Kier molecular flexibility index (Phi) is 6.85. The number of hydrogen-bond acceptors (Lipinski definition) is 5. The molecule has 0 aromatic heterocycles. The fourth-order valence-corrected chi connectivity index (χ4v) is 5.84. The van der Waals surface area contributed by atoms with Gasteiger partial charge in [0.15, 0.2) is 0 Å². The number of piperidine rings is 1. The van der Waals surface area contributed by atoms with Crippen molar-refractivity contribution in [3.05, 3.63) is 53.6 Å². The van der Waals surface area contributed by atoms with Crippen LogP contribution in [-0.2, 0) is 10.0 Å². The van der Waals surface area contributed by atoms with E-state index in [1.165, 1.54) is 25.0 Å². The molecule has 0 aliphatic carbocycles. The molecule has 1 atom stereocenters. The average molecular weight is 480 g/mol. The van der Waals surface area contributed by atoms with E-state index in [4.69, 9.17) is 0 Å². The molecule has 0 radical (unpaired) electrons. The van der Waals surface area contributed by atoms with Gasteiger partial charge in [-0.05, 0) is 81.1 Å². The van der Waals surface area contributed by atoms with E-state index >= 15 is 0 Å². The largest absolute Gasteiger partial charge is 0.478 e. The van der Waals surface area contributed by atoms with Crippen LogP contribution in [0.2, 0.25) is 0 Å². The summed E-state index contributed by atoms with van der Waals surface area (Å²) in [6.45, 7) is 4.66. The Morgan fingerprint density at radius 2 is 1.82 bits per heavy atom. The van der Waals surface area contributed by atoms with Crippen molar-refractivity contribution in [2.75, 3.05) is 42.3 Å². The van der Waals surface area contributed by atoms with Crippen molar-refractivity contribution in [1.29, 1.82) is 0 Å². The smallest absolute Gasteiger partial charge is 0.337 e. The van der Waals surface area contributed by atoms with Crippen molar-refractivity contribution in [2.45, 2.75) is 30.6 Å². The van der Waals surface area contributed by atoms with E-state index in [-0.39, 0.29) is 11.3 Å². The number of benzene rings is 2. The number of aromatic carboxylic acids is 1. The van der Waals surface area contributed by atoms with Crippen LogP contribution in [0.3, 0.4) is 0 Å². The number of likely N-dealkylation sites (tertiary alicyclic amines) is 1. The molecule has 0 amide bonds. The SMILES string of the molecule is O=C(O)c1cc(NS(=O)(=O)c2cc(F)ccc2F)ccc1N1CCCC(CN2CCCC2)C1. The van der Waals surface area contributed by atoms with Crippen LogP contribution >= 0.6 is 0 Å². The maximum Gasteiger partial charge on any atom is 0.337 e. The lowest BCUT2D eigenvalue weighted by Gasteiger charge is -2.36. The molecule has 2 aliphatic rings. The van der Waals surface area contributed by atoms with Gasteiger partial charge in [0.2, 0.25) is 0 Å². The molecule has 33 heavy (non-hydrogen) atoms. The third kappa shape index (κ3) is 5.44. The standard InChI is InChI=1S/C23H27F2N3O4S/c24-17-5-7-20(25)22(12-17)33(31,32)26-18-6-8-21(19(13-18)23(29)30)28-11-3-4-16(15-28)14-27-9-1-2-10-27/h5-8,12-13,16,26H,1-4,9-11,14-15H2,(H,29,30). The maximum atomic E-state index is 14.0. The highest BCUT2D eigenvalue weighted by Gasteiger charge is 2.27. The van der Waals surface area contributed by atoms with Gasteiger partial charge in [0.05, 0.1) is 11.3 Å². The number of hydrogen-bond donors (Lipinski definition) is 2. The number of carboxylic acids is 1. The molecule has 2 aromatic rings. The number of sulfonamides is 1. The summed E-state index contributed by atoms with van der Waals surface area (Å²) in [6.07, 6.45) is 4.48. The van der Waals surface area contributed by atoms with Crippen LogP contribution in [0.25, 0.3) is 0 Å².